The highest BCUT2D eigenvalue weighted by atomic mass is 16.5. The highest BCUT2D eigenvalue weighted by Gasteiger charge is 2.16. The molecule has 0 saturated heterocycles. The fraction of sp³-hybridized carbons (Fsp3) is 0.500. The molecule has 0 N–H and O–H groups in total. The van der Waals surface area contributed by atoms with E-state index in [0.29, 0.717) is 0 Å². The number of fused-ring (bicyclic) bond motifs is 1. The Kier molecular flexibility index (Phi) is 2.43. The average molecular weight is 215 g/mol. The Hall–Kier alpha value is -1.31. The van der Waals surface area contributed by atoms with E-state index in [1.54, 1.807) is 0 Å². The zero-order valence-electron chi connectivity index (χ0n) is 9.70. The summed E-state index contributed by atoms with van der Waals surface area (Å²) in [5, 5.41) is 0. The molecule has 2 nitrogen and oxygen atoms in total. The zero-order valence-corrected chi connectivity index (χ0v) is 9.70. The van der Waals surface area contributed by atoms with Crippen molar-refractivity contribution in [2.24, 2.45) is 10.9 Å². The molecule has 3 rings (SSSR count). The van der Waals surface area contributed by atoms with Crippen molar-refractivity contribution in [1.29, 1.82) is 0 Å². The third kappa shape index (κ3) is 1.73. The van der Waals surface area contributed by atoms with Crippen LogP contribution in [0, 0.1) is 5.92 Å². The summed E-state index contributed by atoms with van der Waals surface area (Å²) in [6.07, 6.45) is 3.44. The first-order valence-corrected chi connectivity index (χ1v) is 6.12. The van der Waals surface area contributed by atoms with E-state index in [1.807, 2.05) is 0 Å². The minimum absolute atomic E-state index is 0.751. The van der Waals surface area contributed by atoms with Gasteiger partial charge in [0.25, 0.3) is 0 Å². The summed E-state index contributed by atoms with van der Waals surface area (Å²) in [6.45, 7) is 4.10. The van der Waals surface area contributed by atoms with Gasteiger partial charge < -0.3 is 4.74 Å². The molecule has 0 unspecified atom stereocenters. The SMILES string of the molecule is C[C@H]1CCC(c2ccc3c(c2)CCO3)=NC1. The van der Waals surface area contributed by atoms with Crippen LogP contribution in [0.4, 0.5) is 0 Å². The molecule has 1 aromatic carbocycles. The largest absolute Gasteiger partial charge is 0.493 e. The second-order valence-electron chi connectivity index (χ2n) is 4.85. The molecule has 2 heteroatoms. The van der Waals surface area contributed by atoms with Crippen LogP contribution in [0.1, 0.15) is 30.9 Å². The molecule has 84 valence electrons. The molecule has 2 aliphatic heterocycles. The summed E-state index contributed by atoms with van der Waals surface area (Å²) in [4.78, 5) is 4.68. The van der Waals surface area contributed by atoms with Crippen LogP contribution in [0.2, 0.25) is 0 Å². The molecule has 0 spiro atoms. The van der Waals surface area contributed by atoms with E-state index in [1.165, 1.54) is 23.3 Å². The van der Waals surface area contributed by atoms with Gasteiger partial charge in [-0.1, -0.05) is 6.92 Å². The lowest BCUT2D eigenvalue weighted by atomic mass is 9.95. The van der Waals surface area contributed by atoms with Gasteiger partial charge in [-0.05, 0) is 48.1 Å². The molecule has 2 heterocycles. The summed E-state index contributed by atoms with van der Waals surface area (Å²) >= 11 is 0. The van der Waals surface area contributed by atoms with Gasteiger partial charge >= 0.3 is 0 Å². The Morgan fingerprint density at radius 3 is 3.06 bits per heavy atom. The van der Waals surface area contributed by atoms with Crippen LogP contribution in [0.25, 0.3) is 0 Å². The van der Waals surface area contributed by atoms with Crippen LogP contribution in [0.15, 0.2) is 23.2 Å². The minimum Gasteiger partial charge on any atom is -0.493 e. The number of nitrogens with zero attached hydrogens (tertiary/aromatic N) is 1. The molecular formula is C14H17NO. The normalized spacial score (nSPS) is 23.6. The Morgan fingerprint density at radius 1 is 1.31 bits per heavy atom. The van der Waals surface area contributed by atoms with Gasteiger partial charge in [-0.2, -0.15) is 0 Å². The molecule has 0 aromatic heterocycles. The minimum atomic E-state index is 0.751. The zero-order chi connectivity index (χ0) is 11.0. The van der Waals surface area contributed by atoms with E-state index < -0.39 is 0 Å². The number of hydrogen-bond donors (Lipinski definition) is 0. The van der Waals surface area contributed by atoms with Gasteiger partial charge in [0.15, 0.2) is 0 Å². The van der Waals surface area contributed by atoms with Crippen LogP contribution >= 0.6 is 0 Å². The Bertz CT molecular complexity index is 436. The molecule has 0 saturated carbocycles. The molecule has 0 amide bonds. The fourth-order valence-electron chi connectivity index (χ4n) is 2.42. The highest BCUT2D eigenvalue weighted by Crippen LogP contribution is 2.27. The molecule has 1 aromatic rings. The number of ether oxygens (including phenoxy) is 1. The van der Waals surface area contributed by atoms with Crippen molar-refractivity contribution >= 4 is 5.71 Å². The third-order valence-corrected chi connectivity index (χ3v) is 3.49. The van der Waals surface area contributed by atoms with Gasteiger partial charge in [0, 0.05) is 18.7 Å². The van der Waals surface area contributed by atoms with Crippen molar-refractivity contribution in [2.75, 3.05) is 13.2 Å². The average Bonchev–Trinajstić information content (AvgIpc) is 2.77. The van der Waals surface area contributed by atoms with Crippen molar-refractivity contribution in [3.63, 3.8) is 0 Å². The summed E-state index contributed by atoms with van der Waals surface area (Å²) in [6, 6.07) is 6.51. The lowest BCUT2D eigenvalue weighted by molar-refractivity contribution is 0.357. The first kappa shape index (κ1) is 9.88. The van der Waals surface area contributed by atoms with E-state index in [0.717, 1.165) is 37.7 Å². The van der Waals surface area contributed by atoms with E-state index >= 15 is 0 Å². The second kappa shape index (κ2) is 3.93. The van der Waals surface area contributed by atoms with Gasteiger partial charge in [0.1, 0.15) is 5.75 Å². The fourth-order valence-corrected chi connectivity index (χ4v) is 2.42. The van der Waals surface area contributed by atoms with Crippen molar-refractivity contribution < 1.29 is 4.74 Å². The molecule has 1 atom stereocenters. The Morgan fingerprint density at radius 2 is 2.25 bits per heavy atom. The Labute approximate surface area is 96.3 Å². The third-order valence-electron chi connectivity index (χ3n) is 3.49. The maximum atomic E-state index is 5.52. The molecule has 0 aliphatic carbocycles. The number of hydrogen-bond acceptors (Lipinski definition) is 2. The van der Waals surface area contributed by atoms with E-state index in [9.17, 15) is 0 Å². The lowest BCUT2D eigenvalue weighted by Gasteiger charge is -2.17. The second-order valence-corrected chi connectivity index (χ2v) is 4.85. The van der Waals surface area contributed by atoms with Gasteiger partial charge in [-0.3, -0.25) is 4.99 Å². The summed E-state index contributed by atoms with van der Waals surface area (Å²) in [5.74, 6) is 1.81. The quantitative estimate of drug-likeness (QED) is 0.706. The smallest absolute Gasteiger partial charge is 0.122 e. The Balaban J connectivity index is 1.90. The summed E-state index contributed by atoms with van der Waals surface area (Å²) < 4.78 is 5.52. The van der Waals surface area contributed by atoms with Gasteiger partial charge in [0.05, 0.1) is 6.61 Å². The van der Waals surface area contributed by atoms with Crippen molar-refractivity contribution in [3.8, 4) is 5.75 Å². The number of rotatable bonds is 1. The number of benzene rings is 1. The van der Waals surface area contributed by atoms with Crippen LogP contribution in [-0.4, -0.2) is 18.9 Å². The molecular weight excluding hydrogens is 198 g/mol. The standard InChI is InChI=1S/C14H17NO/c1-10-2-4-13(15-9-10)11-3-5-14-12(8-11)6-7-16-14/h3,5,8,10H,2,4,6-7,9H2,1H3/t10-/m0/s1. The molecule has 0 fully saturated rings. The van der Waals surface area contributed by atoms with Crippen LogP contribution in [-0.2, 0) is 6.42 Å². The molecule has 16 heavy (non-hydrogen) atoms. The first-order valence-electron chi connectivity index (χ1n) is 6.12. The molecule has 2 aliphatic rings. The maximum absolute atomic E-state index is 5.52. The first-order chi connectivity index (χ1) is 7.83. The van der Waals surface area contributed by atoms with Gasteiger partial charge in [0.2, 0.25) is 0 Å². The predicted octanol–water partition coefficient (Wildman–Crippen LogP) is 2.84. The molecule has 0 radical (unpaired) electrons. The molecule has 0 bridgehead atoms. The monoisotopic (exact) mass is 215 g/mol. The predicted molar refractivity (Wildman–Crippen MR) is 65.4 cm³/mol. The highest BCUT2D eigenvalue weighted by molar-refractivity contribution is 6.01. The van der Waals surface area contributed by atoms with Crippen molar-refractivity contribution in [3.05, 3.63) is 29.3 Å². The summed E-state index contributed by atoms with van der Waals surface area (Å²) in [7, 11) is 0. The van der Waals surface area contributed by atoms with Crippen LogP contribution < -0.4 is 4.74 Å². The van der Waals surface area contributed by atoms with Crippen LogP contribution in [0.5, 0.6) is 5.75 Å². The van der Waals surface area contributed by atoms with E-state index in [4.69, 9.17) is 4.74 Å². The summed E-state index contributed by atoms with van der Waals surface area (Å²) in [5.41, 5.74) is 3.93. The van der Waals surface area contributed by atoms with Gasteiger partial charge in [-0.15, -0.1) is 0 Å². The van der Waals surface area contributed by atoms with E-state index in [2.05, 4.69) is 30.1 Å². The lowest BCUT2D eigenvalue weighted by Crippen LogP contribution is -2.14. The van der Waals surface area contributed by atoms with Crippen LogP contribution in [0.3, 0.4) is 0 Å². The van der Waals surface area contributed by atoms with Gasteiger partial charge in [-0.25, -0.2) is 0 Å². The van der Waals surface area contributed by atoms with E-state index in [-0.39, 0.29) is 0 Å². The van der Waals surface area contributed by atoms with Crippen molar-refractivity contribution in [1.82, 2.24) is 0 Å². The number of aliphatic imine (C=N–C) groups is 1. The van der Waals surface area contributed by atoms with Crippen molar-refractivity contribution in [2.45, 2.75) is 26.2 Å². The maximum Gasteiger partial charge on any atom is 0.122 e. The topological polar surface area (TPSA) is 21.6 Å².